The van der Waals surface area contributed by atoms with Crippen LogP contribution >= 0.6 is 0 Å². The first kappa shape index (κ1) is 13.8. The highest BCUT2D eigenvalue weighted by Gasteiger charge is 2.31. The van der Waals surface area contributed by atoms with Crippen LogP contribution < -0.4 is 5.32 Å². The molecule has 0 aromatic heterocycles. The fraction of sp³-hybridized carbons (Fsp3) is 0.250. The second-order valence-corrected chi connectivity index (χ2v) is 5.16. The van der Waals surface area contributed by atoms with Gasteiger partial charge in [-0.15, -0.1) is 0 Å². The predicted octanol–water partition coefficient (Wildman–Crippen LogP) is 4.36. The van der Waals surface area contributed by atoms with Crippen molar-refractivity contribution in [1.82, 2.24) is 0 Å². The fourth-order valence-corrected chi connectivity index (χ4v) is 2.78. The van der Waals surface area contributed by atoms with E-state index in [1.165, 1.54) is 12.1 Å². The Morgan fingerprint density at radius 2 is 1.90 bits per heavy atom. The van der Waals surface area contributed by atoms with Crippen molar-refractivity contribution in [2.45, 2.75) is 18.5 Å². The summed E-state index contributed by atoms with van der Waals surface area (Å²) in [5.41, 5.74) is 1.68. The molecule has 0 fully saturated rings. The summed E-state index contributed by atoms with van der Waals surface area (Å²) < 4.78 is 38.5. The number of phenolic OH excluding ortho intramolecular Hbond substituents is 1. The van der Waals surface area contributed by atoms with Crippen LogP contribution in [0.1, 0.15) is 29.0 Å². The van der Waals surface area contributed by atoms with Gasteiger partial charge >= 0.3 is 6.18 Å². The fourth-order valence-electron chi connectivity index (χ4n) is 2.78. The number of anilines is 1. The van der Waals surface area contributed by atoms with E-state index in [1.54, 1.807) is 24.3 Å². The van der Waals surface area contributed by atoms with Gasteiger partial charge in [0.2, 0.25) is 0 Å². The number of aromatic hydroxyl groups is 1. The van der Waals surface area contributed by atoms with E-state index >= 15 is 0 Å². The Kier molecular flexibility index (Phi) is 3.27. The maximum Gasteiger partial charge on any atom is 0.416 e. The molecule has 1 unspecified atom stereocenters. The summed E-state index contributed by atoms with van der Waals surface area (Å²) in [7, 11) is 0. The minimum atomic E-state index is -4.34. The van der Waals surface area contributed by atoms with Gasteiger partial charge in [0.1, 0.15) is 5.75 Å². The van der Waals surface area contributed by atoms with Crippen LogP contribution in [0.2, 0.25) is 0 Å². The first-order valence-corrected chi connectivity index (χ1v) is 6.69. The number of benzene rings is 2. The number of hydrogen-bond donors (Lipinski definition) is 2. The molecule has 0 bridgehead atoms. The van der Waals surface area contributed by atoms with Gasteiger partial charge in [0, 0.05) is 18.2 Å². The van der Waals surface area contributed by atoms with Gasteiger partial charge in [0.15, 0.2) is 0 Å². The van der Waals surface area contributed by atoms with E-state index < -0.39 is 11.7 Å². The molecule has 3 rings (SSSR count). The molecule has 1 atom stereocenters. The molecule has 110 valence electrons. The van der Waals surface area contributed by atoms with E-state index in [4.69, 9.17) is 0 Å². The van der Waals surface area contributed by atoms with Gasteiger partial charge in [-0.05, 0) is 41.8 Å². The van der Waals surface area contributed by atoms with Gasteiger partial charge in [-0.25, -0.2) is 0 Å². The van der Waals surface area contributed by atoms with Crippen LogP contribution in [0.3, 0.4) is 0 Å². The van der Waals surface area contributed by atoms with Gasteiger partial charge in [0.25, 0.3) is 0 Å². The van der Waals surface area contributed by atoms with Gasteiger partial charge in [0.05, 0.1) is 5.56 Å². The lowest BCUT2D eigenvalue weighted by Gasteiger charge is -2.27. The zero-order chi connectivity index (χ0) is 15.0. The van der Waals surface area contributed by atoms with E-state index in [9.17, 15) is 18.3 Å². The van der Waals surface area contributed by atoms with Crippen molar-refractivity contribution in [3.8, 4) is 5.75 Å². The van der Waals surface area contributed by atoms with Crippen LogP contribution in [0.25, 0.3) is 0 Å². The quantitative estimate of drug-likeness (QED) is 0.766. The molecule has 2 aromatic carbocycles. The van der Waals surface area contributed by atoms with E-state index in [2.05, 4.69) is 5.32 Å². The lowest BCUT2D eigenvalue weighted by Crippen LogP contribution is -2.18. The number of halogens is 3. The van der Waals surface area contributed by atoms with Crippen LogP contribution in [0.4, 0.5) is 18.9 Å². The summed E-state index contributed by atoms with van der Waals surface area (Å²) >= 11 is 0. The third-order valence-corrected chi connectivity index (χ3v) is 3.78. The standard InChI is InChI=1S/C16H14F3NO/c17-16(18,19)11-3-1-2-10(8-11)13-6-7-20-15-5-4-12(21)9-14(13)15/h1-5,8-9,13,20-21H,6-7H2. The van der Waals surface area contributed by atoms with Crippen molar-refractivity contribution in [1.29, 1.82) is 0 Å². The van der Waals surface area contributed by atoms with Crippen molar-refractivity contribution in [3.63, 3.8) is 0 Å². The van der Waals surface area contributed by atoms with Crippen molar-refractivity contribution in [3.05, 3.63) is 59.2 Å². The summed E-state index contributed by atoms with van der Waals surface area (Å²) in [4.78, 5) is 0. The molecule has 0 saturated carbocycles. The van der Waals surface area contributed by atoms with Gasteiger partial charge in [-0.2, -0.15) is 13.2 Å². The smallest absolute Gasteiger partial charge is 0.416 e. The largest absolute Gasteiger partial charge is 0.508 e. The van der Waals surface area contributed by atoms with Crippen molar-refractivity contribution in [2.75, 3.05) is 11.9 Å². The highest BCUT2D eigenvalue weighted by atomic mass is 19.4. The molecule has 0 saturated heterocycles. The molecule has 2 N–H and O–H groups in total. The highest BCUT2D eigenvalue weighted by Crippen LogP contribution is 2.40. The first-order valence-electron chi connectivity index (χ1n) is 6.69. The average Bonchev–Trinajstić information content (AvgIpc) is 2.46. The minimum Gasteiger partial charge on any atom is -0.508 e. The second kappa shape index (κ2) is 4.98. The Morgan fingerprint density at radius 1 is 1.10 bits per heavy atom. The Hall–Kier alpha value is -2.17. The molecule has 0 aliphatic carbocycles. The summed E-state index contributed by atoms with van der Waals surface area (Å²) in [6, 6.07) is 10.4. The molecule has 21 heavy (non-hydrogen) atoms. The van der Waals surface area contributed by atoms with Gasteiger partial charge < -0.3 is 10.4 Å². The molecule has 2 nitrogen and oxygen atoms in total. The van der Waals surface area contributed by atoms with E-state index in [0.717, 1.165) is 17.3 Å². The lowest BCUT2D eigenvalue weighted by molar-refractivity contribution is -0.137. The van der Waals surface area contributed by atoms with E-state index in [-0.39, 0.29) is 11.7 Å². The molecule has 1 heterocycles. The highest BCUT2D eigenvalue weighted by molar-refractivity contribution is 5.59. The molecule has 1 aliphatic heterocycles. The van der Waals surface area contributed by atoms with E-state index in [0.29, 0.717) is 18.5 Å². The Morgan fingerprint density at radius 3 is 2.67 bits per heavy atom. The molecular formula is C16H14F3NO. The van der Waals surface area contributed by atoms with Crippen LogP contribution in [0, 0.1) is 0 Å². The van der Waals surface area contributed by atoms with Crippen LogP contribution in [-0.4, -0.2) is 11.7 Å². The minimum absolute atomic E-state index is 0.120. The molecule has 0 spiro atoms. The summed E-state index contributed by atoms with van der Waals surface area (Å²) in [6.45, 7) is 0.693. The number of fused-ring (bicyclic) bond motifs is 1. The monoisotopic (exact) mass is 293 g/mol. The van der Waals surface area contributed by atoms with Gasteiger partial charge in [-0.1, -0.05) is 18.2 Å². The molecule has 5 heteroatoms. The van der Waals surface area contributed by atoms with Crippen molar-refractivity contribution in [2.24, 2.45) is 0 Å². The first-order chi connectivity index (χ1) is 9.95. The molecule has 0 radical (unpaired) electrons. The maximum absolute atomic E-state index is 12.8. The van der Waals surface area contributed by atoms with Crippen molar-refractivity contribution < 1.29 is 18.3 Å². The lowest BCUT2D eigenvalue weighted by atomic mass is 9.84. The predicted molar refractivity (Wildman–Crippen MR) is 74.5 cm³/mol. The topological polar surface area (TPSA) is 32.3 Å². The third-order valence-electron chi connectivity index (χ3n) is 3.78. The van der Waals surface area contributed by atoms with Crippen LogP contribution in [-0.2, 0) is 6.18 Å². The van der Waals surface area contributed by atoms with Gasteiger partial charge in [-0.3, -0.25) is 0 Å². The molecular weight excluding hydrogens is 279 g/mol. The number of alkyl halides is 3. The Balaban J connectivity index is 2.05. The van der Waals surface area contributed by atoms with Crippen LogP contribution in [0.15, 0.2) is 42.5 Å². The van der Waals surface area contributed by atoms with E-state index in [1.807, 2.05) is 0 Å². The summed E-state index contributed by atoms with van der Waals surface area (Å²) in [5.74, 6) is -0.0231. The SMILES string of the molecule is Oc1ccc2c(c1)C(c1cccc(C(F)(F)F)c1)CCN2. The van der Waals surface area contributed by atoms with Crippen LogP contribution in [0.5, 0.6) is 5.75 Å². The maximum atomic E-state index is 12.8. The summed E-state index contributed by atoms with van der Waals surface area (Å²) in [6.07, 6.45) is -3.65. The molecule has 1 aliphatic rings. The zero-order valence-corrected chi connectivity index (χ0v) is 11.1. The number of hydrogen-bond acceptors (Lipinski definition) is 2. The number of nitrogens with one attached hydrogen (secondary N) is 1. The molecule has 0 amide bonds. The molecule has 2 aromatic rings. The Bertz CT molecular complexity index is 667. The average molecular weight is 293 g/mol. The normalized spacial score (nSPS) is 18.0. The zero-order valence-electron chi connectivity index (χ0n) is 11.1. The third kappa shape index (κ3) is 2.68. The number of rotatable bonds is 1. The summed E-state index contributed by atoms with van der Waals surface area (Å²) in [5, 5.41) is 12.8. The van der Waals surface area contributed by atoms with Crippen molar-refractivity contribution >= 4 is 5.69 Å². The Labute approximate surface area is 120 Å². The number of phenols is 1. The second-order valence-electron chi connectivity index (χ2n) is 5.16.